The molecule has 0 aliphatic heterocycles. The Morgan fingerprint density at radius 1 is 1.40 bits per heavy atom. The Bertz CT molecular complexity index is 34.2. The maximum atomic E-state index is 4.36. The van der Waals surface area contributed by atoms with Crippen molar-refractivity contribution in [1.82, 2.24) is 0 Å². The number of hydrogen-bond donors (Lipinski definition) is 0. The molecule has 2 radical (unpaired) electrons. The van der Waals surface area contributed by atoms with Crippen molar-refractivity contribution >= 4 is 72.0 Å². The molecule has 0 amide bonds. The molecular formula is Bi2S3. The molecule has 0 saturated carbocycles. The molecule has 0 N–H and O–H groups in total. The summed E-state index contributed by atoms with van der Waals surface area (Å²) in [6.45, 7) is 1.44. The van der Waals surface area contributed by atoms with Crippen molar-refractivity contribution in [2.24, 2.45) is 0 Å². The summed E-state index contributed by atoms with van der Waals surface area (Å²) in [5, 5.41) is 0. The van der Waals surface area contributed by atoms with Gasteiger partial charge in [-0.15, -0.1) is 0 Å². The van der Waals surface area contributed by atoms with E-state index in [1.165, 1.54) is 29.2 Å². The van der Waals surface area contributed by atoms with E-state index < -0.39 is 0 Å². The number of rotatable bonds is 0. The molecule has 0 spiro atoms. The van der Waals surface area contributed by atoms with Crippen LogP contribution in [-0.4, -0.2) is 45.4 Å². The quantitative estimate of drug-likeness (QED) is 0.414. The predicted octanol–water partition coefficient (Wildman–Crippen LogP) is -0.118. The van der Waals surface area contributed by atoms with Crippen LogP contribution in [-0.2, 0) is 17.7 Å². The first-order valence-electron chi connectivity index (χ1n) is 0.532. The molecular weight excluding hydrogens is 514 g/mol. The molecule has 0 aromatic carbocycles. The van der Waals surface area contributed by atoms with E-state index in [0.29, 0.717) is 0 Å². The van der Waals surface area contributed by atoms with Gasteiger partial charge in [0.2, 0.25) is 0 Å². The molecule has 0 fully saturated rings. The van der Waals surface area contributed by atoms with Crippen LogP contribution in [0.2, 0.25) is 0 Å². The summed E-state index contributed by atoms with van der Waals surface area (Å²) in [5.41, 5.74) is 0. The molecule has 28 valence electrons. The molecule has 0 bridgehead atoms. The fraction of sp³-hybridized carbons (Fsp3) is 0. The second kappa shape index (κ2) is 16.1. The van der Waals surface area contributed by atoms with Gasteiger partial charge in [-0.1, -0.05) is 0 Å². The van der Waals surface area contributed by atoms with Gasteiger partial charge in [-0.2, -0.15) is 0 Å². The normalized spacial score (nSPS) is 3.20. The molecule has 0 saturated heterocycles. The van der Waals surface area contributed by atoms with Crippen LogP contribution in [0.4, 0.5) is 0 Å². The average Bonchev–Trinajstić information content (AvgIpc) is 1.46. The first-order chi connectivity index (χ1) is 2.41. The van der Waals surface area contributed by atoms with E-state index in [4.69, 9.17) is 0 Å². The molecule has 0 aliphatic carbocycles. The number of hydrogen-bond acceptors (Lipinski definition) is 2. The van der Waals surface area contributed by atoms with E-state index in [0.717, 1.165) is 22.7 Å². The van der Waals surface area contributed by atoms with Gasteiger partial charge in [0.25, 0.3) is 0 Å². The minimum absolute atomic E-state index is 1.03. The second-order valence-corrected chi connectivity index (χ2v) is 5.89. The van der Waals surface area contributed by atoms with Crippen LogP contribution in [0.15, 0.2) is 0 Å². The van der Waals surface area contributed by atoms with Gasteiger partial charge < -0.3 is 0 Å². The van der Waals surface area contributed by atoms with Crippen LogP contribution >= 0.6 is 8.86 Å². The Morgan fingerprint density at radius 3 is 1.40 bits per heavy atom. The van der Waals surface area contributed by atoms with Crippen molar-refractivity contribution in [3.63, 3.8) is 0 Å². The van der Waals surface area contributed by atoms with Crippen molar-refractivity contribution in [1.29, 1.82) is 0 Å². The maximum absolute atomic E-state index is 4.36. The molecule has 0 nitrogen and oxygen atoms in total. The Balaban J connectivity index is 0. The van der Waals surface area contributed by atoms with E-state index >= 15 is 0 Å². The van der Waals surface area contributed by atoms with E-state index in [9.17, 15) is 0 Å². The minimum atomic E-state index is 1.03. The van der Waals surface area contributed by atoms with Crippen LogP contribution in [0.3, 0.4) is 0 Å². The van der Waals surface area contributed by atoms with Gasteiger partial charge >= 0.3 is 72.0 Å². The molecule has 0 rings (SSSR count). The summed E-state index contributed by atoms with van der Waals surface area (Å²) in [6.07, 6.45) is 0. The molecule has 0 aromatic heterocycles. The summed E-state index contributed by atoms with van der Waals surface area (Å²) in [7, 11) is 4.19. The van der Waals surface area contributed by atoms with Crippen molar-refractivity contribution in [3.8, 4) is 0 Å². The molecule has 5 heavy (non-hydrogen) atoms. The Hall–Kier alpha value is 2.43. The van der Waals surface area contributed by atoms with Crippen LogP contribution in [0.25, 0.3) is 0 Å². The van der Waals surface area contributed by atoms with Crippen LogP contribution in [0.1, 0.15) is 0 Å². The third-order valence-electron chi connectivity index (χ3n) is 0. The second-order valence-electron chi connectivity index (χ2n) is 0.0745. The first-order valence-corrected chi connectivity index (χ1v) is 11.1. The topological polar surface area (TPSA) is 0 Å². The summed E-state index contributed by atoms with van der Waals surface area (Å²) < 4.78 is 0. The van der Waals surface area contributed by atoms with E-state index in [-0.39, 0.29) is 0 Å². The zero-order valence-electron chi connectivity index (χ0n) is 2.12. The molecule has 0 aliphatic rings. The summed E-state index contributed by atoms with van der Waals surface area (Å²) in [5.74, 6) is 0. The van der Waals surface area contributed by atoms with Crippen molar-refractivity contribution < 1.29 is 0 Å². The SMILES string of the molecule is S=[S]=[Bi].[S]=[Bi]. The van der Waals surface area contributed by atoms with Crippen molar-refractivity contribution in [2.45, 2.75) is 0 Å². The Morgan fingerprint density at radius 2 is 1.40 bits per heavy atom. The third-order valence-corrected chi connectivity index (χ3v) is 0. The van der Waals surface area contributed by atoms with Crippen LogP contribution in [0.5, 0.6) is 0 Å². The zero-order valence-corrected chi connectivity index (χ0v) is 11.5. The first kappa shape index (κ1) is 10.4. The average molecular weight is 514 g/mol. The van der Waals surface area contributed by atoms with Gasteiger partial charge in [-0.05, 0) is 0 Å². The van der Waals surface area contributed by atoms with Gasteiger partial charge in [-0.25, -0.2) is 0 Å². The zero-order chi connectivity index (χ0) is 4.71. The molecule has 0 unspecified atom stereocenters. The fourth-order valence-electron chi connectivity index (χ4n) is 0. The van der Waals surface area contributed by atoms with Gasteiger partial charge in [0.1, 0.15) is 0 Å². The van der Waals surface area contributed by atoms with Crippen LogP contribution in [0, 0.1) is 0 Å². The predicted molar refractivity (Wildman–Crippen MR) is 33.8 cm³/mol. The Labute approximate surface area is 70.5 Å². The van der Waals surface area contributed by atoms with E-state index in [2.05, 4.69) is 20.0 Å². The monoisotopic (exact) mass is 514 g/mol. The Kier molecular flexibility index (Phi) is 33.6. The van der Waals surface area contributed by atoms with Gasteiger partial charge in [-0.3, -0.25) is 0 Å². The summed E-state index contributed by atoms with van der Waals surface area (Å²) in [4.78, 5) is 0. The van der Waals surface area contributed by atoms with E-state index in [1.54, 1.807) is 0 Å². The summed E-state index contributed by atoms with van der Waals surface area (Å²) in [6, 6.07) is 0. The third kappa shape index (κ3) is 21.4. The van der Waals surface area contributed by atoms with Crippen LogP contribution < -0.4 is 0 Å². The van der Waals surface area contributed by atoms with Gasteiger partial charge in [0.15, 0.2) is 0 Å². The molecule has 0 heterocycles. The molecule has 0 atom stereocenters. The molecule has 0 aromatic rings. The van der Waals surface area contributed by atoms with Crippen molar-refractivity contribution in [3.05, 3.63) is 0 Å². The summed E-state index contributed by atoms with van der Waals surface area (Å²) >= 11 is 6.64. The van der Waals surface area contributed by atoms with Gasteiger partial charge in [0.05, 0.1) is 0 Å². The van der Waals surface area contributed by atoms with E-state index in [1.807, 2.05) is 0 Å². The van der Waals surface area contributed by atoms with Crippen molar-refractivity contribution in [2.75, 3.05) is 0 Å². The van der Waals surface area contributed by atoms with Gasteiger partial charge in [0, 0.05) is 0 Å². The standard InChI is InChI=1S/2Bi.S2.S/c;;1-2;. The fourth-order valence-corrected chi connectivity index (χ4v) is 0. The molecule has 5 heteroatoms.